The molecule has 1 aromatic carbocycles. The first-order valence-corrected chi connectivity index (χ1v) is 11.4. The average molecular weight is 447 g/mol. The van der Waals surface area contributed by atoms with Crippen LogP contribution in [0.4, 0.5) is 5.13 Å². The first kappa shape index (κ1) is 20.3. The van der Waals surface area contributed by atoms with Gasteiger partial charge in [0.05, 0.1) is 12.1 Å². The summed E-state index contributed by atoms with van der Waals surface area (Å²) in [6, 6.07) is 14.8. The van der Waals surface area contributed by atoms with Gasteiger partial charge in [0.1, 0.15) is 5.82 Å². The Kier molecular flexibility index (Phi) is 5.64. The maximum absolute atomic E-state index is 13.0. The Morgan fingerprint density at radius 3 is 2.81 bits per heavy atom. The molecule has 1 saturated heterocycles. The SMILES string of the molecule is O=C(Nc1nc(CC(=O)N2CCCC(c3nnc4ccccn34)C2)cs1)c1ccccc1. The number of likely N-dealkylation sites (tertiary alicyclic amines) is 1. The first-order chi connectivity index (χ1) is 15.7. The molecule has 1 atom stereocenters. The number of nitrogens with zero attached hydrogens (tertiary/aromatic N) is 5. The Morgan fingerprint density at radius 2 is 1.94 bits per heavy atom. The molecule has 162 valence electrons. The van der Waals surface area contributed by atoms with Gasteiger partial charge in [-0.1, -0.05) is 24.3 Å². The quantitative estimate of drug-likeness (QED) is 0.507. The van der Waals surface area contributed by atoms with Crippen LogP contribution in [-0.2, 0) is 11.2 Å². The van der Waals surface area contributed by atoms with Crippen LogP contribution in [0.1, 0.15) is 40.6 Å². The van der Waals surface area contributed by atoms with Gasteiger partial charge in [0.15, 0.2) is 10.8 Å². The fraction of sp³-hybridized carbons (Fsp3) is 0.261. The van der Waals surface area contributed by atoms with Gasteiger partial charge in [-0.3, -0.25) is 19.3 Å². The zero-order valence-electron chi connectivity index (χ0n) is 17.3. The van der Waals surface area contributed by atoms with Crippen molar-refractivity contribution in [3.8, 4) is 0 Å². The number of hydrogen-bond acceptors (Lipinski definition) is 6. The van der Waals surface area contributed by atoms with E-state index in [0.29, 0.717) is 22.9 Å². The van der Waals surface area contributed by atoms with E-state index in [9.17, 15) is 9.59 Å². The predicted octanol–water partition coefficient (Wildman–Crippen LogP) is 3.39. The van der Waals surface area contributed by atoms with Gasteiger partial charge in [-0.05, 0) is 37.1 Å². The molecular formula is C23H22N6O2S. The van der Waals surface area contributed by atoms with E-state index in [1.165, 1.54) is 11.3 Å². The van der Waals surface area contributed by atoms with Crippen molar-refractivity contribution in [3.05, 3.63) is 77.2 Å². The maximum Gasteiger partial charge on any atom is 0.257 e. The van der Waals surface area contributed by atoms with Gasteiger partial charge in [0, 0.05) is 36.1 Å². The van der Waals surface area contributed by atoms with Crippen LogP contribution >= 0.6 is 11.3 Å². The highest BCUT2D eigenvalue weighted by atomic mass is 32.1. The molecule has 0 radical (unpaired) electrons. The lowest BCUT2D eigenvalue weighted by molar-refractivity contribution is -0.131. The van der Waals surface area contributed by atoms with E-state index in [4.69, 9.17) is 0 Å². The summed E-state index contributed by atoms with van der Waals surface area (Å²) in [5.41, 5.74) is 2.05. The number of piperidine rings is 1. The highest BCUT2D eigenvalue weighted by Gasteiger charge is 2.28. The van der Waals surface area contributed by atoms with Crippen LogP contribution in [0.3, 0.4) is 0 Å². The largest absolute Gasteiger partial charge is 0.342 e. The van der Waals surface area contributed by atoms with Crippen LogP contribution in [0.15, 0.2) is 60.1 Å². The van der Waals surface area contributed by atoms with Gasteiger partial charge in [-0.15, -0.1) is 21.5 Å². The molecule has 32 heavy (non-hydrogen) atoms. The van der Waals surface area contributed by atoms with Crippen molar-refractivity contribution in [1.29, 1.82) is 0 Å². The van der Waals surface area contributed by atoms with Gasteiger partial charge in [-0.2, -0.15) is 0 Å². The van der Waals surface area contributed by atoms with E-state index in [2.05, 4.69) is 20.5 Å². The second kappa shape index (κ2) is 8.88. The molecule has 4 heterocycles. The molecule has 1 unspecified atom stereocenters. The highest BCUT2D eigenvalue weighted by molar-refractivity contribution is 7.14. The molecule has 0 saturated carbocycles. The number of carbonyl (C=O) groups excluding carboxylic acids is 2. The molecule has 0 bridgehead atoms. The lowest BCUT2D eigenvalue weighted by Gasteiger charge is -2.32. The summed E-state index contributed by atoms with van der Waals surface area (Å²) < 4.78 is 2.00. The Morgan fingerprint density at radius 1 is 1.09 bits per heavy atom. The van der Waals surface area contributed by atoms with Crippen molar-refractivity contribution >= 4 is 33.9 Å². The number of carbonyl (C=O) groups is 2. The summed E-state index contributed by atoms with van der Waals surface area (Å²) in [4.78, 5) is 31.6. The minimum Gasteiger partial charge on any atom is -0.342 e. The molecule has 1 fully saturated rings. The molecule has 0 spiro atoms. The van der Waals surface area contributed by atoms with Crippen molar-refractivity contribution in [1.82, 2.24) is 24.5 Å². The summed E-state index contributed by atoms with van der Waals surface area (Å²) in [6.07, 6.45) is 4.08. The molecule has 0 aliphatic carbocycles. The second-order valence-electron chi connectivity index (χ2n) is 7.81. The third-order valence-corrected chi connectivity index (χ3v) is 6.43. The summed E-state index contributed by atoms with van der Waals surface area (Å²) in [6.45, 7) is 1.35. The molecule has 5 rings (SSSR count). The van der Waals surface area contributed by atoms with E-state index in [1.54, 1.807) is 12.1 Å². The van der Waals surface area contributed by atoms with Crippen molar-refractivity contribution in [2.75, 3.05) is 18.4 Å². The highest BCUT2D eigenvalue weighted by Crippen LogP contribution is 2.27. The number of rotatable bonds is 5. The molecule has 1 N–H and O–H groups in total. The van der Waals surface area contributed by atoms with Crippen LogP contribution in [0.2, 0.25) is 0 Å². The van der Waals surface area contributed by atoms with Gasteiger partial charge < -0.3 is 4.90 Å². The van der Waals surface area contributed by atoms with Gasteiger partial charge in [0.25, 0.3) is 5.91 Å². The Bertz CT molecular complexity index is 1250. The molecule has 8 nitrogen and oxygen atoms in total. The van der Waals surface area contributed by atoms with Crippen LogP contribution in [0, 0.1) is 0 Å². The lowest BCUT2D eigenvalue weighted by Crippen LogP contribution is -2.40. The predicted molar refractivity (Wildman–Crippen MR) is 122 cm³/mol. The van der Waals surface area contributed by atoms with Crippen molar-refractivity contribution in [2.24, 2.45) is 0 Å². The maximum atomic E-state index is 13.0. The molecule has 4 aromatic rings. The van der Waals surface area contributed by atoms with E-state index in [1.807, 2.05) is 57.3 Å². The smallest absolute Gasteiger partial charge is 0.257 e. The zero-order chi connectivity index (χ0) is 21.9. The molecule has 9 heteroatoms. The number of pyridine rings is 1. The number of fused-ring (bicyclic) bond motifs is 1. The van der Waals surface area contributed by atoms with Crippen LogP contribution in [0.5, 0.6) is 0 Å². The summed E-state index contributed by atoms with van der Waals surface area (Å²) in [5.74, 6) is 0.880. The molecular weight excluding hydrogens is 424 g/mol. The molecule has 3 aromatic heterocycles. The van der Waals surface area contributed by atoms with Gasteiger partial charge >= 0.3 is 0 Å². The van der Waals surface area contributed by atoms with Crippen molar-refractivity contribution in [2.45, 2.75) is 25.2 Å². The summed E-state index contributed by atoms with van der Waals surface area (Å²) in [5, 5.41) is 13.7. The third-order valence-electron chi connectivity index (χ3n) is 5.62. The Hall–Kier alpha value is -3.59. The monoisotopic (exact) mass is 446 g/mol. The number of anilines is 1. The van der Waals surface area contributed by atoms with E-state index in [-0.39, 0.29) is 24.2 Å². The van der Waals surface area contributed by atoms with Crippen molar-refractivity contribution in [3.63, 3.8) is 0 Å². The normalized spacial score (nSPS) is 16.2. The number of amides is 2. The lowest BCUT2D eigenvalue weighted by atomic mass is 9.97. The zero-order valence-corrected chi connectivity index (χ0v) is 18.2. The third kappa shape index (κ3) is 4.24. The Labute approximate surface area is 188 Å². The first-order valence-electron chi connectivity index (χ1n) is 10.6. The molecule has 1 aliphatic rings. The molecule has 2 amide bonds. The Balaban J connectivity index is 1.22. The standard InChI is InChI=1S/C23H22N6O2S/c30-20(13-18-15-32-23(24-18)25-22(31)16-7-2-1-3-8-16)28-11-6-9-17(14-28)21-27-26-19-10-4-5-12-29(19)21/h1-5,7-8,10,12,15,17H,6,9,11,13-14H2,(H,24,25,31). The number of hydrogen-bond donors (Lipinski definition) is 1. The summed E-state index contributed by atoms with van der Waals surface area (Å²) >= 11 is 1.33. The van der Waals surface area contributed by atoms with E-state index in [0.717, 1.165) is 30.9 Å². The van der Waals surface area contributed by atoms with Crippen LogP contribution in [-0.4, -0.2) is 49.4 Å². The van der Waals surface area contributed by atoms with E-state index < -0.39 is 0 Å². The average Bonchev–Trinajstić information content (AvgIpc) is 3.46. The van der Waals surface area contributed by atoms with Crippen LogP contribution < -0.4 is 5.32 Å². The minimum atomic E-state index is -0.211. The van der Waals surface area contributed by atoms with E-state index >= 15 is 0 Å². The van der Waals surface area contributed by atoms with Crippen molar-refractivity contribution < 1.29 is 9.59 Å². The number of benzene rings is 1. The second-order valence-corrected chi connectivity index (χ2v) is 8.66. The topological polar surface area (TPSA) is 92.5 Å². The minimum absolute atomic E-state index is 0.0368. The fourth-order valence-electron chi connectivity index (χ4n) is 4.02. The number of nitrogens with one attached hydrogen (secondary N) is 1. The fourth-order valence-corrected chi connectivity index (χ4v) is 4.73. The molecule has 1 aliphatic heterocycles. The summed E-state index contributed by atoms with van der Waals surface area (Å²) in [7, 11) is 0. The van der Waals surface area contributed by atoms with Gasteiger partial charge in [0.2, 0.25) is 5.91 Å². The van der Waals surface area contributed by atoms with Gasteiger partial charge in [-0.25, -0.2) is 4.98 Å². The van der Waals surface area contributed by atoms with Crippen LogP contribution in [0.25, 0.3) is 5.65 Å². The number of aromatic nitrogens is 4. The number of thiazole rings is 1.